The van der Waals surface area contributed by atoms with Crippen LogP contribution in [-0.4, -0.2) is 41.4 Å². The van der Waals surface area contributed by atoms with Gasteiger partial charge in [0.15, 0.2) is 5.82 Å². The van der Waals surface area contributed by atoms with Crippen molar-refractivity contribution in [2.24, 2.45) is 5.41 Å². The van der Waals surface area contributed by atoms with Gasteiger partial charge in [0.2, 0.25) is 0 Å². The first-order valence-electron chi connectivity index (χ1n) is 11.5. The van der Waals surface area contributed by atoms with Crippen LogP contribution >= 0.6 is 11.3 Å². The van der Waals surface area contributed by atoms with E-state index >= 15 is 4.39 Å². The summed E-state index contributed by atoms with van der Waals surface area (Å²) >= 11 is 0.699. The molecule has 2 aliphatic rings. The van der Waals surface area contributed by atoms with Gasteiger partial charge in [-0.15, -0.1) is 11.3 Å². The minimum atomic E-state index is -5.02. The van der Waals surface area contributed by atoms with Crippen LogP contribution in [0.4, 0.5) is 32.8 Å². The number of rotatable bonds is 3. The topological polar surface area (TPSA) is 108 Å². The van der Waals surface area contributed by atoms with E-state index in [9.17, 15) is 27.9 Å². The second kappa shape index (κ2) is 8.12. The van der Waals surface area contributed by atoms with Crippen molar-refractivity contribution in [2.75, 3.05) is 30.8 Å². The van der Waals surface area contributed by atoms with E-state index in [4.69, 9.17) is 10.5 Å². The van der Waals surface area contributed by atoms with E-state index < -0.39 is 40.6 Å². The van der Waals surface area contributed by atoms with Crippen LogP contribution < -0.4 is 15.4 Å². The van der Waals surface area contributed by atoms with Gasteiger partial charge in [0.25, 0.3) is 0 Å². The fourth-order valence-corrected chi connectivity index (χ4v) is 6.58. The van der Waals surface area contributed by atoms with E-state index in [1.54, 1.807) is 11.0 Å². The number of nitriles is 1. The van der Waals surface area contributed by atoms with Crippen molar-refractivity contribution in [3.8, 4) is 23.2 Å². The summed E-state index contributed by atoms with van der Waals surface area (Å²) in [5.41, 5.74) is 2.51. The highest BCUT2D eigenvalue weighted by molar-refractivity contribution is 7.23. The lowest BCUT2D eigenvalue weighted by atomic mass is 9.62. The molecule has 3 N–H and O–H groups in total. The summed E-state index contributed by atoms with van der Waals surface area (Å²) in [7, 11) is 1.25. The van der Waals surface area contributed by atoms with Crippen LogP contribution in [0.25, 0.3) is 32.1 Å². The zero-order chi connectivity index (χ0) is 27.1. The molecule has 0 unspecified atom stereocenters. The van der Waals surface area contributed by atoms with Crippen LogP contribution in [0.2, 0.25) is 0 Å². The molecule has 1 aliphatic heterocycles. The first kappa shape index (κ1) is 24.6. The molecule has 196 valence electrons. The first-order chi connectivity index (χ1) is 18.0. The number of alkyl halides is 3. The number of halogens is 5. The zero-order valence-corrected chi connectivity index (χ0v) is 20.5. The van der Waals surface area contributed by atoms with Crippen LogP contribution in [-0.2, 0) is 6.18 Å². The number of hydrogen-bond acceptors (Lipinski definition) is 8. The Morgan fingerprint density at radius 3 is 2.55 bits per heavy atom. The SMILES string of the molecule is COc1nc(N2CC3(CC(O)C3)C2)c2cc(C(F)(F)F)c(-c3ccc(F)c4sc(N)c(C#N)c34)c(F)c2n1. The highest BCUT2D eigenvalue weighted by atomic mass is 32.1. The molecule has 0 radical (unpaired) electrons. The van der Waals surface area contributed by atoms with E-state index in [1.165, 1.54) is 7.11 Å². The number of aromatic nitrogens is 2. The van der Waals surface area contributed by atoms with Gasteiger partial charge >= 0.3 is 12.2 Å². The van der Waals surface area contributed by atoms with E-state index in [1.807, 2.05) is 0 Å². The third kappa shape index (κ3) is 3.47. The van der Waals surface area contributed by atoms with Crippen molar-refractivity contribution in [2.45, 2.75) is 25.1 Å². The molecular weight excluding hydrogens is 529 g/mol. The highest BCUT2D eigenvalue weighted by Crippen LogP contribution is 2.52. The molecule has 6 rings (SSSR count). The van der Waals surface area contributed by atoms with E-state index in [0.29, 0.717) is 37.3 Å². The Labute approximate surface area is 215 Å². The van der Waals surface area contributed by atoms with E-state index in [2.05, 4.69) is 9.97 Å². The molecule has 1 saturated heterocycles. The average molecular weight is 548 g/mol. The molecule has 1 aliphatic carbocycles. The predicted octanol–water partition coefficient (Wildman–Crippen LogP) is 5.23. The number of aliphatic hydroxyl groups is 1. The molecule has 3 heterocycles. The van der Waals surface area contributed by atoms with Crippen LogP contribution in [0, 0.1) is 28.4 Å². The number of anilines is 2. The van der Waals surface area contributed by atoms with Gasteiger partial charge in [-0.25, -0.2) is 8.78 Å². The maximum Gasteiger partial charge on any atom is 0.417 e. The summed E-state index contributed by atoms with van der Waals surface area (Å²) < 4.78 is 79.3. The number of hydrogen-bond donors (Lipinski definition) is 2. The number of aliphatic hydroxyl groups excluding tert-OH is 1. The fourth-order valence-electron chi connectivity index (χ4n) is 5.63. The van der Waals surface area contributed by atoms with Gasteiger partial charge in [0.05, 0.1) is 29.0 Å². The van der Waals surface area contributed by atoms with Crippen molar-refractivity contribution in [3.05, 3.63) is 41.0 Å². The third-order valence-electron chi connectivity index (χ3n) is 7.27. The quantitative estimate of drug-likeness (QED) is 0.338. The monoisotopic (exact) mass is 547 g/mol. The van der Waals surface area contributed by atoms with Crippen LogP contribution in [0.1, 0.15) is 24.0 Å². The Kier molecular flexibility index (Phi) is 5.25. The molecule has 38 heavy (non-hydrogen) atoms. The number of benzene rings is 2. The predicted molar refractivity (Wildman–Crippen MR) is 131 cm³/mol. The summed E-state index contributed by atoms with van der Waals surface area (Å²) in [4.78, 5) is 9.97. The Morgan fingerprint density at radius 1 is 1.24 bits per heavy atom. The average Bonchev–Trinajstić information content (AvgIpc) is 3.17. The number of methoxy groups -OCH3 is 1. The summed E-state index contributed by atoms with van der Waals surface area (Å²) in [5.74, 6) is -2.03. The number of nitrogen functional groups attached to an aromatic ring is 1. The van der Waals surface area contributed by atoms with E-state index in [-0.39, 0.29) is 48.8 Å². The number of thiophene rings is 1. The van der Waals surface area contributed by atoms with Gasteiger partial charge in [-0.2, -0.15) is 28.4 Å². The molecule has 0 amide bonds. The summed E-state index contributed by atoms with van der Waals surface area (Å²) in [5, 5.41) is 18.8. The fraction of sp³-hybridized carbons (Fsp3) is 0.320. The standard InChI is InChI=1S/C25H18F5N5O2S/c1-37-23-33-19-12(22(34-23)35-8-24(9-35)5-10(36)6-24)4-14(25(28,29)30)17(18(19)27)11-2-3-15(26)20-16(11)13(7-31)21(32)38-20/h2-4,10,36H,5-6,8-9,32H2,1H3. The lowest BCUT2D eigenvalue weighted by Gasteiger charge is -2.58. The van der Waals surface area contributed by atoms with E-state index in [0.717, 1.165) is 18.2 Å². The van der Waals surface area contributed by atoms with Crippen molar-refractivity contribution in [1.29, 1.82) is 5.26 Å². The largest absolute Gasteiger partial charge is 0.467 e. The smallest absolute Gasteiger partial charge is 0.417 e. The van der Waals surface area contributed by atoms with Gasteiger partial charge in [0, 0.05) is 34.8 Å². The summed E-state index contributed by atoms with van der Waals surface area (Å²) in [6.45, 7) is 0.866. The molecule has 1 spiro atoms. The molecule has 7 nitrogen and oxygen atoms in total. The second-order valence-corrected chi connectivity index (χ2v) is 10.8. The molecular formula is C25H18F5N5O2S. The Bertz CT molecular complexity index is 1680. The van der Waals surface area contributed by atoms with Gasteiger partial charge in [-0.05, 0) is 30.5 Å². The van der Waals surface area contributed by atoms with Crippen LogP contribution in [0.3, 0.4) is 0 Å². The molecule has 0 atom stereocenters. The van der Waals surface area contributed by atoms with Crippen molar-refractivity contribution in [1.82, 2.24) is 9.97 Å². The molecule has 2 fully saturated rings. The molecule has 2 aromatic heterocycles. The maximum atomic E-state index is 16.3. The lowest BCUT2D eigenvalue weighted by molar-refractivity contribution is -0.137. The zero-order valence-electron chi connectivity index (χ0n) is 19.7. The van der Waals surface area contributed by atoms with Gasteiger partial charge in [0.1, 0.15) is 28.2 Å². The number of nitrogens with zero attached hydrogens (tertiary/aromatic N) is 4. The highest BCUT2D eigenvalue weighted by Gasteiger charge is 2.52. The van der Waals surface area contributed by atoms with Crippen LogP contribution in [0.15, 0.2) is 18.2 Å². The van der Waals surface area contributed by atoms with Crippen LogP contribution in [0.5, 0.6) is 6.01 Å². The first-order valence-corrected chi connectivity index (χ1v) is 12.3. The Balaban J connectivity index is 1.64. The van der Waals surface area contributed by atoms with Gasteiger partial charge in [-0.1, -0.05) is 6.07 Å². The minimum Gasteiger partial charge on any atom is -0.467 e. The van der Waals surface area contributed by atoms with Crippen molar-refractivity contribution < 1.29 is 31.8 Å². The minimum absolute atomic E-state index is 0.0801. The normalized spacial score (nSPS) is 17.1. The molecule has 1 saturated carbocycles. The van der Waals surface area contributed by atoms with Gasteiger partial charge in [-0.3, -0.25) is 0 Å². The van der Waals surface area contributed by atoms with Gasteiger partial charge < -0.3 is 20.5 Å². The summed E-state index contributed by atoms with van der Waals surface area (Å²) in [6, 6.07) is 4.25. The third-order valence-corrected chi connectivity index (χ3v) is 8.29. The summed E-state index contributed by atoms with van der Waals surface area (Å²) in [6.07, 6.45) is -4.30. The maximum absolute atomic E-state index is 16.3. The Hall–Kier alpha value is -3.76. The molecule has 13 heteroatoms. The molecule has 0 bridgehead atoms. The van der Waals surface area contributed by atoms with Crippen molar-refractivity contribution >= 4 is 43.1 Å². The molecule has 2 aromatic carbocycles. The Morgan fingerprint density at radius 2 is 1.95 bits per heavy atom. The number of ether oxygens (including phenoxy) is 1. The lowest BCUT2D eigenvalue weighted by Crippen LogP contribution is -2.64. The molecule has 4 aromatic rings. The second-order valence-electron chi connectivity index (χ2n) is 9.71. The number of nitrogens with two attached hydrogens (primary N) is 1. The number of fused-ring (bicyclic) bond motifs is 2. The van der Waals surface area contributed by atoms with Crippen molar-refractivity contribution in [3.63, 3.8) is 0 Å².